The van der Waals surface area contributed by atoms with E-state index in [0.29, 0.717) is 0 Å². The highest BCUT2D eigenvalue weighted by Crippen LogP contribution is 2.19. The van der Waals surface area contributed by atoms with Gasteiger partial charge in [0.15, 0.2) is 0 Å². The largest absolute Gasteiger partial charge is 0.356 e. The standard InChI is InChI=1S/C14H22N4O/c1-2-3-7-15-13(19)12-6-4-10-18(11-12)14-16-8-5-9-17-14/h5,8-9,12H,2-4,6-7,10-11H2,1H3,(H,15,19). The Morgan fingerprint density at radius 3 is 3.00 bits per heavy atom. The molecule has 1 aliphatic heterocycles. The SMILES string of the molecule is CCCCNC(=O)C1CCCN(c2ncccn2)C1. The fraction of sp³-hybridized carbons (Fsp3) is 0.643. The molecule has 0 bridgehead atoms. The van der Waals surface area contributed by atoms with Crippen LogP contribution in [0.15, 0.2) is 18.5 Å². The Labute approximate surface area is 114 Å². The quantitative estimate of drug-likeness (QED) is 0.819. The minimum Gasteiger partial charge on any atom is -0.356 e. The van der Waals surface area contributed by atoms with Gasteiger partial charge in [0.25, 0.3) is 0 Å². The smallest absolute Gasteiger partial charge is 0.225 e. The van der Waals surface area contributed by atoms with Gasteiger partial charge in [-0.3, -0.25) is 4.79 Å². The summed E-state index contributed by atoms with van der Waals surface area (Å²) in [5.41, 5.74) is 0. The number of nitrogens with one attached hydrogen (secondary N) is 1. The van der Waals surface area contributed by atoms with Gasteiger partial charge in [-0.15, -0.1) is 0 Å². The lowest BCUT2D eigenvalue weighted by atomic mass is 9.97. The number of piperidine rings is 1. The van der Waals surface area contributed by atoms with E-state index in [-0.39, 0.29) is 11.8 Å². The van der Waals surface area contributed by atoms with E-state index in [2.05, 4.69) is 27.1 Å². The molecule has 19 heavy (non-hydrogen) atoms. The third-order valence-electron chi connectivity index (χ3n) is 3.46. The average Bonchev–Trinajstić information content (AvgIpc) is 2.48. The number of amides is 1. The summed E-state index contributed by atoms with van der Waals surface area (Å²) >= 11 is 0. The second-order valence-electron chi connectivity index (χ2n) is 4.98. The van der Waals surface area contributed by atoms with E-state index in [9.17, 15) is 4.79 Å². The molecule has 2 rings (SSSR count). The normalized spacial score (nSPS) is 19.2. The second-order valence-corrected chi connectivity index (χ2v) is 4.98. The molecule has 0 saturated carbocycles. The first kappa shape index (κ1) is 13.8. The first-order valence-electron chi connectivity index (χ1n) is 7.11. The van der Waals surface area contributed by atoms with Gasteiger partial charge in [0.05, 0.1) is 5.92 Å². The van der Waals surface area contributed by atoms with Crippen molar-refractivity contribution >= 4 is 11.9 Å². The molecule has 2 heterocycles. The summed E-state index contributed by atoms with van der Waals surface area (Å²) in [7, 11) is 0. The number of rotatable bonds is 5. The molecule has 1 atom stereocenters. The highest BCUT2D eigenvalue weighted by Gasteiger charge is 2.26. The molecule has 5 heteroatoms. The highest BCUT2D eigenvalue weighted by molar-refractivity contribution is 5.79. The summed E-state index contributed by atoms with van der Waals surface area (Å²) in [5.74, 6) is 0.969. The van der Waals surface area contributed by atoms with Crippen molar-refractivity contribution in [3.63, 3.8) is 0 Å². The Kier molecular flexibility index (Phi) is 5.12. The molecule has 1 fully saturated rings. The summed E-state index contributed by atoms with van der Waals surface area (Å²) in [5, 5.41) is 3.02. The van der Waals surface area contributed by atoms with Crippen molar-refractivity contribution in [2.75, 3.05) is 24.5 Å². The van der Waals surface area contributed by atoms with Crippen LogP contribution in [-0.2, 0) is 4.79 Å². The summed E-state index contributed by atoms with van der Waals surface area (Å²) in [6.07, 6.45) is 7.62. The maximum atomic E-state index is 12.1. The second kappa shape index (κ2) is 7.07. The van der Waals surface area contributed by atoms with Gasteiger partial charge in [-0.25, -0.2) is 9.97 Å². The maximum absolute atomic E-state index is 12.1. The van der Waals surface area contributed by atoms with E-state index in [0.717, 1.165) is 51.3 Å². The Bertz CT molecular complexity index is 396. The lowest BCUT2D eigenvalue weighted by Gasteiger charge is -2.31. The lowest BCUT2D eigenvalue weighted by Crippen LogP contribution is -2.43. The van der Waals surface area contributed by atoms with Crippen molar-refractivity contribution < 1.29 is 4.79 Å². The Hall–Kier alpha value is -1.65. The Morgan fingerprint density at radius 2 is 2.26 bits per heavy atom. The predicted octanol–water partition coefficient (Wildman–Crippen LogP) is 1.61. The Balaban J connectivity index is 1.88. The van der Waals surface area contributed by atoms with Gasteiger partial charge in [0.2, 0.25) is 11.9 Å². The van der Waals surface area contributed by atoms with Crippen molar-refractivity contribution in [3.8, 4) is 0 Å². The van der Waals surface area contributed by atoms with Gasteiger partial charge in [-0.2, -0.15) is 0 Å². The molecule has 5 nitrogen and oxygen atoms in total. The van der Waals surface area contributed by atoms with Crippen LogP contribution >= 0.6 is 0 Å². The molecule has 0 aliphatic carbocycles. The van der Waals surface area contributed by atoms with Gasteiger partial charge in [0.1, 0.15) is 0 Å². The van der Waals surface area contributed by atoms with Gasteiger partial charge in [0, 0.05) is 32.0 Å². The van der Waals surface area contributed by atoms with Crippen LogP contribution in [0, 0.1) is 5.92 Å². The fourth-order valence-electron chi connectivity index (χ4n) is 2.36. The first-order valence-corrected chi connectivity index (χ1v) is 7.11. The molecule has 0 aromatic carbocycles. The minimum atomic E-state index is 0.0643. The van der Waals surface area contributed by atoms with Crippen molar-refractivity contribution in [2.45, 2.75) is 32.6 Å². The number of aromatic nitrogens is 2. The fourth-order valence-corrected chi connectivity index (χ4v) is 2.36. The van der Waals surface area contributed by atoms with Gasteiger partial charge < -0.3 is 10.2 Å². The van der Waals surface area contributed by atoms with Crippen molar-refractivity contribution in [1.29, 1.82) is 0 Å². The van der Waals surface area contributed by atoms with Crippen LogP contribution < -0.4 is 10.2 Å². The van der Waals surface area contributed by atoms with Crippen LogP contribution in [-0.4, -0.2) is 35.5 Å². The molecular formula is C14H22N4O. The molecule has 1 unspecified atom stereocenters. The predicted molar refractivity (Wildman–Crippen MR) is 74.9 cm³/mol. The number of unbranched alkanes of at least 4 members (excludes halogenated alkanes) is 1. The molecule has 1 aromatic heterocycles. The van der Waals surface area contributed by atoms with Crippen molar-refractivity contribution in [1.82, 2.24) is 15.3 Å². The number of carbonyl (C=O) groups is 1. The van der Waals surface area contributed by atoms with E-state index >= 15 is 0 Å². The molecule has 104 valence electrons. The number of hydrogen-bond donors (Lipinski definition) is 1. The van der Waals surface area contributed by atoms with Crippen LogP contribution in [0.3, 0.4) is 0 Å². The third-order valence-corrected chi connectivity index (χ3v) is 3.46. The number of anilines is 1. The van der Waals surface area contributed by atoms with Gasteiger partial charge in [-0.05, 0) is 25.3 Å². The van der Waals surface area contributed by atoms with E-state index in [1.807, 2.05) is 6.07 Å². The average molecular weight is 262 g/mol. The highest BCUT2D eigenvalue weighted by atomic mass is 16.1. The van der Waals surface area contributed by atoms with Crippen LogP contribution in [0.2, 0.25) is 0 Å². The number of nitrogens with zero attached hydrogens (tertiary/aromatic N) is 3. The molecule has 1 aromatic rings. The minimum absolute atomic E-state index is 0.0643. The zero-order chi connectivity index (χ0) is 13.5. The van der Waals surface area contributed by atoms with Gasteiger partial charge in [-0.1, -0.05) is 13.3 Å². The van der Waals surface area contributed by atoms with E-state index in [4.69, 9.17) is 0 Å². The van der Waals surface area contributed by atoms with E-state index in [1.165, 1.54) is 0 Å². The summed E-state index contributed by atoms with van der Waals surface area (Å²) < 4.78 is 0. The van der Waals surface area contributed by atoms with E-state index < -0.39 is 0 Å². The van der Waals surface area contributed by atoms with Crippen LogP contribution in [0.1, 0.15) is 32.6 Å². The van der Waals surface area contributed by atoms with E-state index in [1.54, 1.807) is 12.4 Å². The first-order chi connectivity index (χ1) is 9.31. The molecular weight excluding hydrogens is 240 g/mol. The summed E-state index contributed by atoms with van der Waals surface area (Å²) in [6.45, 7) is 4.57. The topological polar surface area (TPSA) is 58.1 Å². The van der Waals surface area contributed by atoms with Gasteiger partial charge >= 0.3 is 0 Å². The molecule has 1 amide bonds. The molecule has 1 saturated heterocycles. The lowest BCUT2D eigenvalue weighted by molar-refractivity contribution is -0.125. The van der Waals surface area contributed by atoms with Crippen LogP contribution in [0.4, 0.5) is 5.95 Å². The number of carbonyl (C=O) groups excluding carboxylic acids is 1. The zero-order valence-electron chi connectivity index (χ0n) is 11.5. The zero-order valence-corrected chi connectivity index (χ0v) is 11.5. The third kappa shape index (κ3) is 3.91. The van der Waals surface area contributed by atoms with Crippen molar-refractivity contribution in [2.24, 2.45) is 5.92 Å². The summed E-state index contributed by atoms with van der Waals surface area (Å²) in [6, 6.07) is 1.81. The maximum Gasteiger partial charge on any atom is 0.225 e. The Morgan fingerprint density at radius 1 is 1.47 bits per heavy atom. The van der Waals surface area contributed by atoms with Crippen LogP contribution in [0.5, 0.6) is 0 Å². The van der Waals surface area contributed by atoms with Crippen LogP contribution in [0.25, 0.3) is 0 Å². The molecule has 0 spiro atoms. The molecule has 1 aliphatic rings. The molecule has 0 radical (unpaired) electrons. The summed E-state index contributed by atoms with van der Waals surface area (Å²) in [4.78, 5) is 22.7. The number of hydrogen-bond acceptors (Lipinski definition) is 4. The van der Waals surface area contributed by atoms with Crippen molar-refractivity contribution in [3.05, 3.63) is 18.5 Å². The molecule has 1 N–H and O–H groups in total. The monoisotopic (exact) mass is 262 g/mol.